The predicted octanol–water partition coefficient (Wildman–Crippen LogP) is 1.52. The highest BCUT2D eigenvalue weighted by Gasteiger charge is 2.07. The lowest BCUT2D eigenvalue weighted by atomic mass is 10.2. The summed E-state index contributed by atoms with van der Waals surface area (Å²) in [7, 11) is 1.44. The van der Waals surface area contributed by atoms with E-state index in [1.807, 2.05) is 13.0 Å². The summed E-state index contributed by atoms with van der Waals surface area (Å²) in [5.74, 6) is -0.413. The molecule has 0 heterocycles. The van der Waals surface area contributed by atoms with E-state index in [4.69, 9.17) is 11.6 Å². The number of carbonyl (C=O) groups excluding carboxylic acids is 2. The van der Waals surface area contributed by atoms with Crippen LogP contribution in [0.4, 0.5) is 10.5 Å². The molecule has 0 spiro atoms. The summed E-state index contributed by atoms with van der Waals surface area (Å²) in [5, 5.41) is 7.98. The molecule has 0 aliphatic carbocycles. The molecule has 0 fully saturated rings. The third-order valence-corrected chi connectivity index (χ3v) is 2.60. The zero-order valence-electron chi connectivity index (χ0n) is 9.63. The van der Waals surface area contributed by atoms with Crippen LogP contribution in [0.3, 0.4) is 0 Å². The molecule has 1 aromatic carbocycles. The number of imide groups is 1. The lowest BCUT2D eigenvalue weighted by Gasteiger charge is -2.10. The summed E-state index contributed by atoms with van der Waals surface area (Å²) in [5.41, 5.74) is 1.63. The van der Waals surface area contributed by atoms with Gasteiger partial charge >= 0.3 is 6.03 Å². The van der Waals surface area contributed by atoms with E-state index < -0.39 is 11.9 Å². The SMILES string of the molecule is CNC(=O)NC(=O)CNc1cccc(Cl)c1C. The minimum Gasteiger partial charge on any atom is -0.376 e. The van der Waals surface area contributed by atoms with E-state index in [1.165, 1.54) is 7.05 Å². The molecule has 1 rings (SSSR count). The molecule has 6 heteroatoms. The van der Waals surface area contributed by atoms with Crippen LogP contribution in [0.5, 0.6) is 0 Å². The summed E-state index contributed by atoms with van der Waals surface area (Å²) < 4.78 is 0. The maximum absolute atomic E-state index is 11.3. The van der Waals surface area contributed by atoms with E-state index in [1.54, 1.807) is 12.1 Å². The Balaban J connectivity index is 2.53. The largest absolute Gasteiger partial charge is 0.376 e. The van der Waals surface area contributed by atoms with Crippen molar-refractivity contribution in [2.75, 3.05) is 18.9 Å². The van der Waals surface area contributed by atoms with Gasteiger partial charge in [0.15, 0.2) is 0 Å². The Kier molecular flexibility index (Phi) is 4.78. The number of amides is 3. The number of hydrogen-bond acceptors (Lipinski definition) is 3. The van der Waals surface area contributed by atoms with Crippen molar-refractivity contribution in [3.8, 4) is 0 Å². The fraction of sp³-hybridized carbons (Fsp3) is 0.273. The predicted molar refractivity (Wildman–Crippen MR) is 67.3 cm³/mol. The average Bonchev–Trinajstić information content (AvgIpc) is 2.31. The highest BCUT2D eigenvalue weighted by atomic mass is 35.5. The summed E-state index contributed by atoms with van der Waals surface area (Å²) in [4.78, 5) is 22.2. The van der Waals surface area contributed by atoms with Crippen LogP contribution in [-0.4, -0.2) is 25.5 Å². The first-order valence-corrected chi connectivity index (χ1v) is 5.43. The van der Waals surface area contributed by atoms with Crippen molar-refractivity contribution in [1.82, 2.24) is 10.6 Å². The normalized spacial score (nSPS) is 9.59. The van der Waals surface area contributed by atoms with Gasteiger partial charge < -0.3 is 10.6 Å². The van der Waals surface area contributed by atoms with E-state index in [0.717, 1.165) is 11.3 Å². The first-order chi connectivity index (χ1) is 8.04. The Labute approximate surface area is 105 Å². The van der Waals surface area contributed by atoms with Gasteiger partial charge in [0.25, 0.3) is 0 Å². The van der Waals surface area contributed by atoms with E-state index in [-0.39, 0.29) is 6.54 Å². The number of benzene rings is 1. The van der Waals surface area contributed by atoms with Gasteiger partial charge in [0.2, 0.25) is 5.91 Å². The van der Waals surface area contributed by atoms with E-state index in [0.29, 0.717) is 5.02 Å². The zero-order chi connectivity index (χ0) is 12.8. The molecule has 3 N–H and O–H groups in total. The Morgan fingerprint density at radius 2 is 2.06 bits per heavy atom. The molecule has 0 aliphatic heterocycles. The standard InChI is InChI=1S/C11H14ClN3O2/c1-7-8(12)4-3-5-9(7)14-6-10(16)15-11(17)13-2/h3-5,14H,6H2,1-2H3,(H2,13,15,16,17). The van der Waals surface area contributed by atoms with Crippen LogP contribution in [0.1, 0.15) is 5.56 Å². The molecule has 17 heavy (non-hydrogen) atoms. The number of urea groups is 1. The number of halogens is 1. The van der Waals surface area contributed by atoms with E-state index in [2.05, 4.69) is 16.0 Å². The molecular formula is C11H14ClN3O2. The van der Waals surface area contributed by atoms with E-state index >= 15 is 0 Å². The second kappa shape index (κ2) is 6.10. The van der Waals surface area contributed by atoms with Gasteiger partial charge in [-0.2, -0.15) is 0 Å². The third-order valence-electron chi connectivity index (χ3n) is 2.19. The smallest absolute Gasteiger partial charge is 0.321 e. The average molecular weight is 256 g/mol. The van der Waals surface area contributed by atoms with Crippen LogP contribution in [0.2, 0.25) is 5.02 Å². The lowest BCUT2D eigenvalue weighted by Crippen LogP contribution is -2.40. The van der Waals surface area contributed by atoms with Crippen molar-refractivity contribution in [2.24, 2.45) is 0 Å². The number of hydrogen-bond donors (Lipinski definition) is 3. The van der Waals surface area contributed by atoms with Gasteiger partial charge in [0.05, 0.1) is 6.54 Å². The minimum atomic E-state index is -0.528. The molecule has 0 bridgehead atoms. The summed E-state index contributed by atoms with van der Waals surface area (Å²) in [6.07, 6.45) is 0. The van der Waals surface area contributed by atoms with Gasteiger partial charge in [0.1, 0.15) is 0 Å². The lowest BCUT2D eigenvalue weighted by molar-refractivity contribution is -0.118. The minimum absolute atomic E-state index is 0.00853. The first kappa shape index (κ1) is 13.3. The fourth-order valence-electron chi connectivity index (χ4n) is 1.21. The van der Waals surface area contributed by atoms with Crippen molar-refractivity contribution >= 4 is 29.2 Å². The monoisotopic (exact) mass is 255 g/mol. The van der Waals surface area contributed by atoms with Crippen LogP contribution in [0, 0.1) is 6.92 Å². The van der Waals surface area contributed by atoms with Crippen molar-refractivity contribution in [3.05, 3.63) is 28.8 Å². The Morgan fingerprint density at radius 1 is 1.35 bits per heavy atom. The Bertz CT molecular complexity index is 435. The Morgan fingerprint density at radius 3 is 2.71 bits per heavy atom. The van der Waals surface area contributed by atoms with E-state index in [9.17, 15) is 9.59 Å². The van der Waals surface area contributed by atoms with Gasteiger partial charge in [-0.05, 0) is 24.6 Å². The van der Waals surface area contributed by atoms with Gasteiger partial charge in [-0.3, -0.25) is 10.1 Å². The van der Waals surface area contributed by atoms with Crippen LogP contribution >= 0.6 is 11.6 Å². The molecule has 0 saturated heterocycles. The molecule has 1 aromatic rings. The van der Waals surface area contributed by atoms with Gasteiger partial charge in [-0.25, -0.2) is 4.79 Å². The van der Waals surface area contributed by atoms with Crippen LogP contribution in [-0.2, 0) is 4.79 Å². The number of nitrogens with one attached hydrogen (secondary N) is 3. The highest BCUT2D eigenvalue weighted by Crippen LogP contribution is 2.22. The second-order valence-electron chi connectivity index (χ2n) is 3.39. The maximum atomic E-state index is 11.3. The topological polar surface area (TPSA) is 70.2 Å². The first-order valence-electron chi connectivity index (χ1n) is 5.05. The summed E-state index contributed by atoms with van der Waals surface area (Å²) in [6.45, 7) is 1.86. The zero-order valence-corrected chi connectivity index (χ0v) is 10.4. The quantitative estimate of drug-likeness (QED) is 0.767. The van der Waals surface area contributed by atoms with Crippen molar-refractivity contribution in [1.29, 1.82) is 0 Å². The molecule has 0 radical (unpaired) electrons. The van der Waals surface area contributed by atoms with Crippen molar-refractivity contribution in [3.63, 3.8) is 0 Å². The number of anilines is 1. The fourth-order valence-corrected chi connectivity index (χ4v) is 1.38. The summed E-state index contributed by atoms with van der Waals surface area (Å²) >= 11 is 5.93. The molecule has 5 nitrogen and oxygen atoms in total. The van der Waals surface area contributed by atoms with Crippen LogP contribution in [0.25, 0.3) is 0 Å². The summed E-state index contributed by atoms with van der Waals surface area (Å²) in [6, 6.07) is 4.84. The molecule has 0 saturated carbocycles. The third kappa shape index (κ3) is 3.96. The number of carbonyl (C=O) groups is 2. The van der Waals surface area contributed by atoms with Crippen molar-refractivity contribution in [2.45, 2.75) is 6.92 Å². The molecule has 0 unspecified atom stereocenters. The van der Waals surface area contributed by atoms with Crippen LogP contribution in [0.15, 0.2) is 18.2 Å². The molecule has 0 aromatic heterocycles. The molecule has 3 amide bonds. The van der Waals surface area contributed by atoms with Gasteiger partial charge in [-0.15, -0.1) is 0 Å². The Hall–Kier alpha value is -1.75. The number of rotatable bonds is 3. The molecule has 92 valence electrons. The van der Waals surface area contributed by atoms with Crippen molar-refractivity contribution < 1.29 is 9.59 Å². The second-order valence-corrected chi connectivity index (χ2v) is 3.80. The molecular weight excluding hydrogens is 242 g/mol. The van der Waals surface area contributed by atoms with Gasteiger partial charge in [-0.1, -0.05) is 17.7 Å². The molecule has 0 atom stereocenters. The maximum Gasteiger partial charge on any atom is 0.321 e. The van der Waals surface area contributed by atoms with Gasteiger partial charge in [0, 0.05) is 17.8 Å². The van der Waals surface area contributed by atoms with Crippen LogP contribution < -0.4 is 16.0 Å². The highest BCUT2D eigenvalue weighted by molar-refractivity contribution is 6.31. The molecule has 0 aliphatic rings.